The molecule has 0 amide bonds. The Hall–Kier alpha value is -1.04. The van der Waals surface area contributed by atoms with Crippen LogP contribution in [-0.4, -0.2) is 0 Å². The van der Waals surface area contributed by atoms with E-state index in [0.29, 0.717) is 0 Å². The van der Waals surface area contributed by atoms with Gasteiger partial charge in [-0.05, 0) is 92.8 Å². The number of hydrogen-bond acceptors (Lipinski definition) is 0. The van der Waals surface area contributed by atoms with E-state index in [4.69, 9.17) is 0 Å². The van der Waals surface area contributed by atoms with Crippen LogP contribution in [0.2, 0.25) is 0 Å². The summed E-state index contributed by atoms with van der Waals surface area (Å²) in [5.41, 5.74) is 8.88. The molecule has 22 heavy (non-hydrogen) atoms. The predicted molar refractivity (Wildman–Crippen MR) is 92.5 cm³/mol. The molecule has 0 nitrogen and oxygen atoms in total. The van der Waals surface area contributed by atoms with Crippen molar-refractivity contribution in [2.45, 2.75) is 70.6 Å². The third-order valence-electron chi connectivity index (χ3n) is 7.12. The topological polar surface area (TPSA) is 0 Å². The summed E-state index contributed by atoms with van der Waals surface area (Å²) in [4.78, 5) is 0. The maximum atomic E-state index is 2.58. The summed E-state index contributed by atoms with van der Waals surface area (Å²) in [5, 5.41) is 0. The van der Waals surface area contributed by atoms with Gasteiger partial charge in [-0.1, -0.05) is 35.8 Å². The first-order chi connectivity index (χ1) is 10.9. The van der Waals surface area contributed by atoms with Gasteiger partial charge in [0.05, 0.1) is 0 Å². The van der Waals surface area contributed by atoms with Crippen molar-refractivity contribution in [1.82, 2.24) is 0 Å². The minimum absolute atomic E-state index is 0.799. The van der Waals surface area contributed by atoms with Gasteiger partial charge < -0.3 is 0 Å². The van der Waals surface area contributed by atoms with Crippen LogP contribution >= 0.6 is 0 Å². The Balaban J connectivity index is 1.57. The maximum absolute atomic E-state index is 2.58. The lowest BCUT2D eigenvalue weighted by molar-refractivity contribution is 0.358. The Bertz CT molecular complexity index is 610. The average molecular weight is 292 g/mol. The first kappa shape index (κ1) is 13.4. The van der Waals surface area contributed by atoms with Crippen LogP contribution in [0.3, 0.4) is 0 Å². The standard InChI is InChI=1S/C22H28/c1-3-7-17-15(5-1)9-11-21-19(17)13-14-20-18-8-4-2-6-16(18)10-12-22(20)21/h7,13-16,22H,1-6,8-12H2. The van der Waals surface area contributed by atoms with Crippen LogP contribution < -0.4 is 0 Å². The van der Waals surface area contributed by atoms with Crippen LogP contribution in [0, 0.1) is 17.8 Å². The molecule has 0 aliphatic heterocycles. The van der Waals surface area contributed by atoms with Crippen LogP contribution in [0.4, 0.5) is 0 Å². The van der Waals surface area contributed by atoms with Gasteiger partial charge in [0.25, 0.3) is 0 Å². The van der Waals surface area contributed by atoms with Crippen LogP contribution in [0.25, 0.3) is 0 Å². The highest BCUT2D eigenvalue weighted by molar-refractivity contribution is 5.56. The van der Waals surface area contributed by atoms with E-state index in [1.807, 2.05) is 11.1 Å². The Morgan fingerprint density at radius 1 is 0.727 bits per heavy atom. The zero-order valence-corrected chi connectivity index (χ0v) is 13.7. The fourth-order valence-corrected chi connectivity index (χ4v) is 6.08. The van der Waals surface area contributed by atoms with Crippen molar-refractivity contribution in [3.05, 3.63) is 46.1 Å². The van der Waals surface area contributed by atoms with Gasteiger partial charge >= 0.3 is 0 Å². The summed E-state index contributed by atoms with van der Waals surface area (Å²) in [6.07, 6.45) is 23.3. The first-order valence-electron chi connectivity index (χ1n) is 9.76. The molecule has 5 aliphatic rings. The molecule has 5 aliphatic carbocycles. The second-order valence-corrected chi connectivity index (χ2v) is 8.15. The van der Waals surface area contributed by atoms with Crippen LogP contribution in [-0.2, 0) is 0 Å². The number of rotatable bonds is 0. The molecule has 1 saturated carbocycles. The smallest absolute Gasteiger partial charge is 0.00571 e. The normalized spacial score (nSPS) is 37.1. The number of hydrogen-bond donors (Lipinski definition) is 0. The molecule has 116 valence electrons. The molecule has 0 N–H and O–H groups in total. The Morgan fingerprint density at radius 3 is 2.68 bits per heavy atom. The summed E-state index contributed by atoms with van der Waals surface area (Å²) < 4.78 is 0. The van der Waals surface area contributed by atoms with Crippen LogP contribution in [0.1, 0.15) is 70.6 Å². The van der Waals surface area contributed by atoms with Gasteiger partial charge in [0.1, 0.15) is 0 Å². The van der Waals surface area contributed by atoms with E-state index in [1.165, 1.54) is 70.6 Å². The lowest BCUT2D eigenvalue weighted by Gasteiger charge is -2.42. The minimum atomic E-state index is 0.799. The molecule has 0 saturated heterocycles. The second kappa shape index (κ2) is 5.25. The van der Waals surface area contributed by atoms with E-state index in [-0.39, 0.29) is 0 Å². The first-order valence-corrected chi connectivity index (χ1v) is 9.76. The molecule has 0 aromatic heterocycles. The van der Waals surface area contributed by atoms with E-state index in [1.54, 1.807) is 16.7 Å². The van der Waals surface area contributed by atoms with Crippen molar-refractivity contribution < 1.29 is 0 Å². The van der Waals surface area contributed by atoms with Crippen molar-refractivity contribution in [3.8, 4) is 0 Å². The zero-order chi connectivity index (χ0) is 14.5. The van der Waals surface area contributed by atoms with Gasteiger partial charge in [-0.3, -0.25) is 0 Å². The van der Waals surface area contributed by atoms with E-state index in [2.05, 4.69) is 18.2 Å². The largest absolute Gasteiger partial charge is 0.0804 e. The van der Waals surface area contributed by atoms with Crippen LogP contribution in [0.5, 0.6) is 0 Å². The zero-order valence-electron chi connectivity index (χ0n) is 13.7. The predicted octanol–water partition coefficient (Wildman–Crippen LogP) is 6.27. The highest BCUT2D eigenvalue weighted by atomic mass is 14.4. The average Bonchev–Trinajstić information content (AvgIpc) is 2.60. The quantitative estimate of drug-likeness (QED) is 0.493. The number of allylic oxidation sites excluding steroid dienone is 8. The third kappa shape index (κ3) is 1.95. The molecule has 0 heteroatoms. The number of fused-ring (bicyclic) bond motifs is 5. The molecule has 0 radical (unpaired) electrons. The molecule has 0 aromatic rings. The molecular weight excluding hydrogens is 264 g/mol. The van der Waals surface area contributed by atoms with Gasteiger partial charge in [-0.2, -0.15) is 0 Å². The highest BCUT2D eigenvalue weighted by Crippen LogP contribution is 2.52. The second-order valence-electron chi connectivity index (χ2n) is 8.15. The lowest BCUT2D eigenvalue weighted by atomic mass is 9.62. The highest BCUT2D eigenvalue weighted by Gasteiger charge is 2.37. The fraction of sp³-hybridized carbons (Fsp3) is 0.636. The molecule has 0 bridgehead atoms. The van der Waals surface area contributed by atoms with Gasteiger partial charge in [0, 0.05) is 5.92 Å². The molecule has 5 rings (SSSR count). The molecule has 0 aromatic carbocycles. The molecule has 0 heterocycles. The van der Waals surface area contributed by atoms with Crippen molar-refractivity contribution >= 4 is 0 Å². The Morgan fingerprint density at radius 2 is 1.68 bits per heavy atom. The SMILES string of the molecule is C1=CC2=C3CCCCC3CCC2C2=C1C1=CCCCC1CC2. The Labute approximate surface area is 135 Å². The van der Waals surface area contributed by atoms with Gasteiger partial charge in [-0.25, -0.2) is 0 Å². The van der Waals surface area contributed by atoms with Crippen LogP contribution in [0.15, 0.2) is 46.1 Å². The Kier molecular flexibility index (Phi) is 3.20. The maximum Gasteiger partial charge on any atom is 0.00571 e. The van der Waals surface area contributed by atoms with Crippen molar-refractivity contribution in [3.63, 3.8) is 0 Å². The van der Waals surface area contributed by atoms with Gasteiger partial charge in [-0.15, -0.1) is 0 Å². The summed E-state index contributed by atoms with van der Waals surface area (Å²) >= 11 is 0. The van der Waals surface area contributed by atoms with Gasteiger partial charge in [0.15, 0.2) is 0 Å². The molecule has 0 spiro atoms. The molecule has 3 atom stereocenters. The summed E-state index contributed by atoms with van der Waals surface area (Å²) in [7, 11) is 0. The molecular formula is C22H28. The third-order valence-corrected chi connectivity index (χ3v) is 7.12. The summed E-state index contributed by atoms with van der Waals surface area (Å²) in [6, 6.07) is 0. The van der Waals surface area contributed by atoms with E-state index in [9.17, 15) is 0 Å². The lowest BCUT2D eigenvalue weighted by Crippen LogP contribution is -2.28. The molecule has 3 unspecified atom stereocenters. The van der Waals surface area contributed by atoms with Gasteiger partial charge in [0.2, 0.25) is 0 Å². The van der Waals surface area contributed by atoms with Crippen molar-refractivity contribution in [2.75, 3.05) is 0 Å². The fourth-order valence-electron chi connectivity index (χ4n) is 6.08. The summed E-state index contributed by atoms with van der Waals surface area (Å²) in [6.45, 7) is 0. The summed E-state index contributed by atoms with van der Waals surface area (Å²) in [5.74, 6) is 2.63. The van der Waals surface area contributed by atoms with Crippen molar-refractivity contribution in [2.24, 2.45) is 17.8 Å². The monoisotopic (exact) mass is 292 g/mol. The van der Waals surface area contributed by atoms with Crippen molar-refractivity contribution in [1.29, 1.82) is 0 Å². The van der Waals surface area contributed by atoms with E-state index in [0.717, 1.165) is 17.8 Å². The minimum Gasteiger partial charge on any atom is -0.0804 e. The van der Waals surface area contributed by atoms with E-state index < -0.39 is 0 Å². The van der Waals surface area contributed by atoms with E-state index >= 15 is 0 Å². The molecule has 1 fully saturated rings.